The van der Waals surface area contributed by atoms with Crippen molar-refractivity contribution in [3.05, 3.63) is 29.8 Å². The fourth-order valence-electron chi connectivity index (χ4n) is 1.40. The average Bonchev–Trinajstić information content (AvgIpc) is 2.29. The average molecular weight is 233 g/mol. The number of carbonyl (C=O) groups excluding carboxylic acids is 2. The Morgan fingerprint density at radius 2 is 2.18 bits per heavy atom. The summed E-state index contributed by atoms with van der Waals surface area (Å²) in [5.41, 5.74) is 1.64. The Kier molecular flexibility index (Phi) is 5.26. The number of benzene rings is 1. The molecular weight excluding hydrogens is 217 g/mol. The SMILES string of the molecule is Bc1cccc(C(=O)NCCC(=O)OCC)c1. The van der Waals surface area contributed by atoms with Gasteiger partial charge in [-0.15, -0.1) is 0 Å². The van der Waals surface area contributed by atoms with Gasteiger partial charge in [0.15, 0.2) is 0 Å². The van der Waals surface area contributed by atoms with Crippen molar-refractivity contribution in [2.45, 2.75) is 13.3 Å². The highest BCUT2D eigenvalue weighted by Crippen LogP contribution is 1.96. The lowest BCUT2D eigenvalue weighted by Crippen LogP contribution is -2.27. The van der Waals surface area contributed by atoms with Crippen molar-refractivity contribution in [3.63, 3.8) is 0 Å². The molecule has 5 heteroatoms. The molecule has 0 unspecified atom stereocenters. The largest absolute Gasteiger partial charge is 0.466 e. The Hall–Kier alpha value is -1.78. The number of esters is 1. The number of carbonyl (C=O) groups is 2. The molecule has 0 aliphatic heterocycles. The van der Waals surface area contributed by atoms with Crippen LogP contribution in [0.4, 0.5) is 0 Å². The molecule has 0 atom stereocenters. The zero-order valence-electron chi connectivity index (χ0n) is 10.2. The van der Waals surface area contributed by atoms with Crippen molar-refractivity contribution in [2.75, 3.05) is 13.2 Å². The van der Waals surface area contributed by atoms with E-state index in [1.165, 1.54) is 0 Å². The van der Waals surface area contributed by atoms with E-state index in [1.54, 1.807) is 19.1 Å². The van der Waals surface area contributed by atoms with E-state index in [0.29, 0.717) is 18.7 Å². The summed E-state index contributed by atoms with van der Waals surface area (Å²) in [6, 6.07) is 7.30. The zero-order chi connectivity index (χ0) is 12.7. The second-order valence-electron chi connectivity index (χ2n) is 3.68. The van der Waals surface area contributed by atoms with Gasteiger partial charge in [0.25, 0.3) is 5.91 Å². The lowest BCUT2D eigenvalue weighted by Gasteiger charge is -2.05. The monoisotopic (exact) mass is 233 g/mol. The highest BCUT2D eigenvalue weighted by Gasteiger charge is 2.06. The lowest BCUT2D eigenvalue weighted by atomic mass is 9.94. The molecule has 0 saturated heterocycles. The normalized spacial score (nSPS) is 9.71. The van der Waals surface area contributed by atoms with Crippen molar-refractivity contribution >= 4 is 25.2 Å². The molecule has 0 fully saturated rings. The highest BCUT2D eigenvalue weighted by molar-refractivity contribution is 6.32. The molecular formula is C12H16BNO3. The van der Waals surface area contributed by atoms with E-state index < -0.39 is 0 Å². The van der Waals surface area contributed by atoms with Gasteiger partial charge in [-0.1, -0.05) is 23.7 Å². The van der Waals surface area contributed by atoms with Gasteiger partial charge < -0.3 is 10.1 Å². The summed E-state index contributed by atoms with van der Waals surface area (Å²) < 4.78 is 4.76. The number of nitrogens with one attached hydrogen (secondary N) is 1. The first-order chi connectivity index (χ1) is 8.13. The number of hydrogen-bond donors (Lipinski definition) is 1. The Balaban J connectivity index is 2.38. The van der Waals surface area contributed by atoms with Crippen LogP contribution in [-0.4, -0.2) is 32.9 Å². The number of hydrogen-bond acceptors (Lipinski definition) is 3. The molecule has 0 aliphatic rings. The third-order valence-corrected chi connectivity index (χ3v) is 2.20. The molecule has 1 amide bonds. The molecule has 0 heterocycles. The molecule has 1 N–H and O–H groups in total. The van der Waals surface area contributed by atoms with Gasteiger partial charge in [-0.05, 0) is 13.0 Å². The van der Waals surface area contributed by atoms with Crippen LogP contribution in [0.1, 0.15) is 23.7 Å². The van der Waals surface area contributed by atoms with Gasteiger partial charge in [0, 0.05) is 12.1 Å². The van der Waals surface area contributed by atoms with E-state index in [-0.39, 0.29) is 18.3 Å². The van der Waals surface area contributed by atoms with Gasteiger partial charge in [0.05, 0.1) is 13.0 Å². The Labute approximate surface area is 102 Å². The fraction of sp³-hybridized carbons (Fsp3) is 0.333. The molecule has 4 nitrogen and oxygen atoms in total. The molecule has 1 rings (SSSR count). The van der Waals surface area contributed by atoms with Crippen molar-refractivity contribution in [3.8, 4) is 0 Å². The Bertz CT molecular complexity index is 406. The first-order valence-corrected chi connectivity index (χ1v) is 5.64. The second kappa shape index (κ2) is 6.73. The van der Waals surface area contributed by atoms with Gasteiger partial charge in [-0.3, -0.25) is 9.59 Å². The van der Waals surface area contributed by atoms with Gasteiger partial charge in [0.1, 0.15) is 7.85 Å². The first kappa shape index (κ1) is 13.3. The van der Waals surface area contributed by atoms with Crippen LogP contribution in [0.3, 0.4) is 0 Å². The number of amides is 1. The van der Waals surface area contributed by atoms with Crippen LogP contribution in [0.2, 0.25) is 0 Å². The van der Waals surface area contributed by atoms with Gasteiger partial charge in [-0.2, -0.15) is 0 Å². The van der Waals surface area contributed by atoms with Crippen LogP contribution in [0.5, 0.6) is 0 Å². The predicted octanol–water partition coefficient (Wildman–Crippen LogP) is -0.372. The van der Waals surface area contributed by atoms with Crippen molar-refractivity contribution < 1.29 is 14.3 Å². The van der Waals surface area contributed by atoms with Crippen LogP contribution in [0.15, 0.2) is 24.3 Å². The molecule has 90 valence electrons. The molecule has 0 spiro atoms. The minimum atomic E-state index is -0.294. The summed E-state index contributed by atoms with van der Waals surface area (Å²) >= 11 is 0. The third-order valence-electron chi connectivity index (χ3n) is 2.20. The smallest absolute Gasteiger partial charge is 0.307 e. The predicted molar refractivity (Wildman–Crippen MR) is 68.2 cm³/mol. The van der Waals surface area contributed by atoms with Crippen LogP contribution in [0, 0.1) is 0 Å². The van der Waals surface area contributed by atoms with Crippen molar-refractivity contribution in [2.24, 2.45) is 0 Å². The maximum absolute atomic E-state index is 11.7. The van der Waals surface area contributed by atoms with Crippen LogP contribution >= 0.6 is 0 Å². The maximum atomic E-state index is 11.7. The van der Waals surface area contributed by atoms with Gasteiger partial charge in [0.2, 0.25) is 0 Å². The highest BCUT2D eigenvalue weighted by atomic mass is 16.5. The first-order valence-electron chi connectivity index (χ1n) is 5.64. The van der Waals surface area contributed by atoms with Crippen LogP contribution in [0.25, 0.3) is 0 Å². The second-order valence-corrected chi connectivity index (χ2v) is 3.68. The minimum Gasteiger partial charge on any atom is -0.466 e. The summed E-state index contributed by atoms with van der Waals surface area (Å²) in [6.07, 6.45) is 0.200. The molecule has 0 aliphatic carbocycles. The van der Waals surface area contributed by atoms with Crippen LogP contribution in [-0.2, 0) is 9.53 Å². The van der Waals surface area contributed by atoms with E-state index in [9.17, 15) is 9.59 Å². The molecule has 17 heavy (non-hydrogen) atoms. The Morgan fingerprint density at radius 3 is 2.82 bits per heavy atom. The zero-order valence-corrected chi connectivity index (χ0v) is 10.2. The fourth-order valence-corrected chi connectivity index (χ4v) is 1.40. The topological polar surface area (TPSA) is 55.4 Å². The summed E-state index contributed by atoms with van der Waals surface area (Å²) in [4.78, 5) is 22.7. The molecule has 1 aromatic carbocycles. The third kappa shape index (κ3) is 4.72. The number of rotatable bonds is 5. The minimum absolute atomic E-state index is 0.169. The summed E-state index contributed by atoms with van der Waals surface area (Å²) in [7, 11) is 1.93. The van der Waals surface area contributed by atoms with E-state index in [0.717, 1.165) is 5.46 Å². The molecule has 1 aromatic rings. The number of ether oxygens (including phenoxy) is 1. The molecule has 0 saturated carbocycles. The standard InChI is InChI=1S/C12H16BNO3/c1-2-17-11(15)6-7-14-12(16)9-4-3-5-10(13)8-9/h3-5,8H,2,6-7,13H2,1H3,(H,14,16). The van der Waals surface area contributed by atoms with E-state index in [4.69, 9.17) is 4.74 Å². The van der Waals surface area contributed by atoms with Gasteiger partial charge >= 0.3 is 5.97 Å². The maximum Gasteiger partial charge on any atom is 0.307 e. The quantitative estimate of drug-likeness (QED) is 0.557. The molecule has 0 radical (unpaired) electrons. The lowest BCUT2D eigenvalue weighted by molar-refractivity contribution is -0.142. The van der Waals surface area contributed by atoms with E-state index in [1.807, 2.05) is 20.0 Å². The van der Waals surface area contributed by atoms with E-state index in [2.05, 4.69) is 5.32 Å². The summed E-state index contributed by atoms with van der Waals surface area (Å²) in [5, 5.41) is 2.68. The molecule has 0 bridgehead atoms. The summed E-state index contributed by atoms with van der Waals surface area (Å²) in [5.74, 6) is -0.463. The van der Waals surface area contributed by atoms with E-state index >= 15 is 0 Å². The Morgan fingerprint density at radius 1 is 1.41 bits per heavy atom. The van der Waals surface area contributed by atoms with Crippen molar-refractivity contribution in [1.29, 1.82) is 0 Å². The van der Waals surface area contributed by atoms with Crippen LogP contribution < -0.4 is 10.8 Å². The van der Waals surface area contributed by atoms with Gasteiger partial charge in [-0.25, -0.2) is 0 Å². The molecule has 0 aromatic heterocycles. The summed E-state index contributed by atoms with van der Waals surface area (Å²) in [6.45, 7) is 2.42. The van der Waals surface area contributed by atoms with Crippen molar-refractivity contribution in [1.82, 2.24) is 5.32 Å².